The van der Waals surface area contributed by atoms with E-state index in [-0.39, 0.29) is 39.2 Å². The maximum Gasteiger partial charge on any atom is 0.326 e. The van der Waals surface area contributed by atoms with Crippen molar-refractivity contribution in [1.82, 2.24) is 20.1 Å². The van der Waals surface area contributed by atoms with Crippen molar-refractivity contribution >= 4 is 78.5 Å². The predicted molar refractivity (Wildman–Crippen MR) is 155 cm³/mol. The van der Waals surface area contributed by atoms with Gasteiger partial charge in [0.1, 0.15) is 16.3 Å². The molecule has 0 fully saturated rings. The molecular formula is C26H19Br2Cl2N5O4. The summed E-state index contributed by atoms with van der Waals surface area (Å²) in [5.41, 5.74) is 1.43. The van der Waals surface area contributed by atoms with Crippen LogP contribution in [0.1, 0.15) is 32.0 Å². The van der Waals surface area contributed by atoms with Crippen molar-refractivity contribution in [1.29, 1.82) is 0 Å². The number of carbonyl (C=O) groups is 3. The van der Waals surface area contributed by atoms with Crippen molar-refractivity contribution in [2.75, 3.05) is 5.32 Å². The van der Waals surface area contributed by atoms with Crippen molar-refractivity contribution in [3.05, 3.63) is 102 Å². The van der Waals surface area contributed by atoms with Crippen molar-refractivity contribution < 1.29 is 19.5 Å². The van der Waals surface area contributed by atoms with E-state index in [0.29, 0.717) is 15.7 Å². The fourth-order valence-corrected chi connectivity index (χ4v) is 5.11. The second kappa shape index (κ2) is 12.3. The molecule has 0 radical (unpaired) electrons. The number of anilines is 1. The monoisotopic (exact) mass is 693 g/mol. The molecule has 2 aromatic heterocycles. The average Bonchev–Trinajstić information content (AvgIpc) is 3.26. The molecule has 2 amide bonds. The molecule has 200 valence electrons. The van der Waals surface area contributed by atoms with Gasteiger partial charge in [-0.25, -0.2) is 14.5 Å². The normalized spacial score (nSPS) is 11.6. The standard InChI is InChI=1S/C26H19Br2Cl2N5O4/c1-13-8-16(29)11-17(24(36)32-19(26(38)39)10-14-4-2-5-15(27)9-14)22(13)33-25(37)20-12-21(28)34-35(20)23-18(30)6-3-7-31-23/h2-9,11-12,19H,10H2,1H3,(H,32,36)(H,33,37)(H,38,39). The topological polar surface area (TPSA) is 126 Å². The molecular weight excluding hydrogens is 677 g/mol. The summed E-state index contributed by atoms with van der Waals surface area (Å²) < 4.78 is 2.41. The molecule has 0 aliphatic carbocycles. The quantitative estimate of drug-likeness (QED) is 0.205. The molecule has 0 aliphatic heterocycles. The smallest absolute Gasteiger partial charge is 0.326 e. The molecule has 13 heteroatoms. The molecule has 1 atom stereocenters. The number of amides is 2. The first-order valence-electron chi connectivity index (χ1n) is 11.3. The zero-order valence-corrected chi connectivity index (χ0v) is 24.8. The number of nitrogens with zero attached hydrogens (tertiary/aromatic N) is 3. The summed E-state index contributed by atoms with van der Waals surface area (Å²) in [5.74, 6) is -2.31. The molecule has 9 nitrogen and oxygen atoms in total. The minimum atomic E-state index is -1.24. The van der Waals surface area contributed by atoms with E-state index in [1.165, 1.54) is 23.0 Å². The van der Waals surface area contributed by atoms with E-state index in [0.717, 1.165) is 4.47 Å². The second-order valence-electron chi connectivity index (χ2n) is 8.37. The molecule has 1 unspecified atom stereocenters. The molecule has 0 bridgehead atoms. The van der Waals surface area contributed by atoms with E-state index in [9.17, 15) is 19.5 Å². The predicted octanol–water partition coefficient (Wildman–Crippen LogP) is 6.09. The van der Waals surface area contributed by atoms with Gasteiger partial charge in [-0.15, -0.1) is 0 Å². The lowest BCUT2D eigenvalue weighted by Crippen LogP contribution is -2.42. The van der Waals surface area contributed by atoms with Crippen LogP contribution in [0.25, 0.3) is 5.82 Å². The molecule has 4 rings (SSSR count). The number of hydrogen-bond acceptors (Lipinski definition) is 5. The first-order chi connectivity index (χ1) is 18.5. The van der Waals surface area contributed by atoms with Gasteiger partial charge >= 0.3 is 5.97 Å². The molecule has 0 saturated heterocycles. The van der Waals surface area contributed by atoms with Crippen LogP contribution in [0.5, 0.6) is 0 Å². The molecule has 0 aliphatic rings. The number of rotatable bonds is 8. The maximum absolute atomic E-state index is 13.4. The first kappa shape index (κ1) is 28.8. The van der Waals surface area contributed by atoms with Crippen LogP contribution in [0.15, 0.2) is 69.9 Å². The summed E-state index contributed by atoms with van der Waals surface area (Å²) in [6, 6.07) is 13.6. The Morgan fingerprint density at radius 3 is 2.51 bits per heavy atom. The lowest BCUT2D eigenvalue weighted by Gasteiger charge is -2.18. The summed E-state index contributed by atoms with van der Waals surface area (Å²) in [5, 5.41) is 19.8. The highest BCUT2D eigenvalue weighted by molar-refractivity contribution is 9.10. The Labute approximate surface area is 249 Å². The van der Waals surface area contributed by atoms with Crippen molar-refractivity contribution in [2.45, 2.75) is 19.4 Å². The van der Waals surface area contributed by atoms with Gasteiger partial charge in [-0.1, -0.05) is 51.3 Å². The van der Waals surface area contributed by atoms with Gasteiger partial charge in [-0.3, -0.25) is 9.59 Å². The number of carboxylic acids is 1. The number of aryl methyl sites for hydroxylation is 1. The Balaban J connectivity index is 1.65. The van der Waals surface area contributed by atoms with E-state index in [4.69, 9.17) is 23.2 Å². The number of aromatic nitrogens is 3. The van der Waals surface area contributed by atoms with Crippen LogP contribution >= 0.6 is 55.1 Å². The third kappa shape index (κ3) is 6.85. The summed E-state index contributed by atoms with van der Waals surface area (Å²) in [4.78, 5) is 43.0. The fraction of sp³-hybridized carbons (Fsp3) is 0.115. The lowest BCUT2D eigenvalue weighted by atomic mass is 10.0. The lowest BCUT2D eigenvalue weighted by molar-refractivity contribution is -0.139. The number of hydrogen-bond donors (Lipinski definition) is 3. The molecule has 2 heterocycles. The highest BCUT2D eigenvalue weighted by Gasteiger charge is 2.26. The van der Waals surface area contributed by atoms with Gasteiger partial charge in [0.15, 0.2) is 5.82 Å². The van der Waals surface area contributed by atoms with E-state index < -0.39 is 23.8 Å². The zero-order valence-electron chi connectivity index (χ0n) is 20.1. The SMILES string of the molecule is Cc1cc(Cl)cc(C(=O)NC(Cc2cccc(Br)c2)C(=O)O)c1NC(=O)c1cc(Br)nn1-c1ncccc1Cl. The average molecular weight is 696 g/mol. The van der Waals surface area contributed by atoms with Gasteiger partial charge in [0.25, 0.3) is 11.8 Å². The number of carbonyl (C=O) groups excluding carboxylic acids is 2. The third-order valence-corrected chi connectivity index (χ3v) is 6.96. The Hall–Kier alpha value is -3.25. The van der Waals surface area contributed by atoms with E-state index in [1.807, 2.05) is 6.07 Å². The van der Waals surface area contributed by atoms with Gasteiger partial charge < -0.3 is 15.7 Å². The second-order valence-corrected chi connectivity index (χ2v) is 10.9. The minimum absolute atomic E-state index is 0.00478. The largest absolute Gasteiger partial charge is 0.480 e. The van der Waals surface area contributed by atoms with Crippen molar-refractivity contribution in [3.63, 3.8) is 0 Å². The molecule has 3 N–H and O–H groups in total. The molecule has 0 saturated carbocycles. The van der Waals surface area contributed by atoms with Gasteiger partial charge in [0.05, 0.1) is 16.3 Å². The van der Waals surface area contributed by atoms with Crippen LogP contribution in [0.4, 0.5) is 5.69 Å². The Kier molecular flexibility index (Phi) is 9.06. The Morgan fingerprint density at radius 1 is 1.05 bits per heavy atom. The van der Waals surface area contributed by atoms with Gasteiger partial charge in [-0.2, -0.15) is 5.10 Å². The third-order valence-electron chi connectivity index (χ3n) is 5.57. The van der Waals surface area contributed by atoms with E-state index >= 15 is 0 Å². The van der Waals surface area contributed by atoms with Crippen molar-refractivity contribution in [3.8, 4) is 5.82 Å². The van der Waals surface area contributed by atoms with Gasteiger partial charge in [-0.05, 0) is 70.4 Å². The number of carboxylic acid groups (broad SMARTS) is 1. The van der Waals surface area contributed by atoms with Crippen molar-refractivity contribution in [2.24, 2.45) is 0 Å². The highest BCUT2D eigenvalue weighted by atomic mass is 79.9. The number of benzene rings is 2. The van der Waals surface area contributed by atoms with Crippen LogP contribution < -0.4 is 10.6 Å². The summed E-state index contributed by atoms with van der Waals surface area (Å²) in [6.07, 6.45) is 1.55. The van der Waals surface area contributed by atoms with Crippen LogP contribution in [0.2, 0.25) is 10.0 Å². The zero-order chi connectivity index (χ0) is 28.3. The molecule has 2 aromatic carbocycles. The number of aliphatic carboxylic acids is 1. The van der Waals surface area contributed by atoms with Gasteiger partial charge in [0.2, 0.25) is 0 Å². The van der Waals surface area contributed by atoms with Crippen LogP contribution in [-0.4, -0.2) is 43.7 Å². The Morgan fingerprint density at radius 2 is 1.82 bits per heavy atom. The van der Waals surface area contributed by atoms with Crippen LogP contribution in [0, 0.1) is 6.92 Å². The first-order valence-corrected chi connectivity index (χ1v) is 13.6. The van der Waals surface area contributed by atoms with Gasteiger partial charge in [0, 0.05) is 28.2 Å². The Bertz CT molecular complexity index is 1590. The summed E-state index contributed by atoms with van der Waals surface area (Å²) in [6.45, 7) is 1.66. The van der Waals surface area contributed by atoms with Crippen LogP contribution in [-0.2, 0) is 11.2 Å². The number of pyridine rings is 1. The molecule has 0 spiro atoms. The maximum atomic E-state index is 13.4. The van der Waals surface area contributed by atoms with E-state index in [2.05, 4.69) is 52.6 Å². The highest BCUT2D eigenvalue weighted by Crippen LogP contribution is 2.28. The number of halogens is 4. The number of nitrogens with one attached hydrogen (secondary N) is 2. The minimum Gasteiger partial charge on any atom is -0.480 e. The molecule has 39 heavy (non-hydrogen) atoms. The molecule has 4 aromatic rings. The fourth-order valence-electron chi connectivity index (χ4n) is 3.81. The summed E-state index contributed by atoms with van der Waals surface area (Å²) in [7, 11) is 0. The summed E-state index contributed by atoms with van der Waals surface area (Å²) >= 11 is 19.1. The van der Waals surface area contributed by atoms with Crippen LogP contribution in [0.3, 0.4) is 0 Å². The van der Waals surface area contributed by atoms with E-state index in [1.54, 1.807) is 43.3 Å².